The number of furan rings is 1. The zero-order valence-corrected chi connectivity index (χ0v) is 37.4. The van der Waals surface area contributed by atoms with E-state index in [0.29, 0.717) is 17.5 Å². The molecule has 0 amide bonds. The summed E-state index contributed by atoms with van der Waals surface area (Å²) >= 11 is 0. The van der Waals surface area contributed by atoms with Gasteiger partial charge in [0.1, 0.15) is 11.2 Å². The normalized spacial score (nSPS) is 11.5. The molecule has 0 radical (unpaired) electrons. The first-order valence-electron chi connectivity index (χ1n) is 23.3. The Bertz CT molecular complexity index is 4050. The molecule has 0 N–H and O–H groups in total. The molecule has 13 aromatic rings. The number of aromatic nitrogens is 3. The van der Waals surface area contributed by atoms with Crippen LogP contribution in [-0.4, -0.2) is 15.0 Å². The van der Waals surface area contributed by atoms with Crippen molar-refractivity contribution in [1.82, 2.24) is 15.0 Å². The fraction of sp³-hybridized carbons (Fsp3) is 0. The Balaban J connectivity index is 0.893. The molecule has 322 valence electrons. The van der Waals surface area contributed by atoms with Crippen LogP contribution in [-0.2, 0) is 0 Å². The van der Waals surface area contributed by atoms with E-state index in [1.165, 1.54) is 43.8 Å². The minimum absolute atomic E-state index is 0.615. The highest BCUT2D eigenvalue weighted by molar-refractivity contribution is 6.18. The highest BCUT2D eigenvalue weighted by Gasteiger charge is 2.19. The van der Waals surface area contributed by atoms with E-state index < -0.39 is 0 Å². The van der Waals surface area contributed by atoms with Gasteiger partial charge in [-0.05, 0) is 89.3 Å². The van der Waals surface area contributed by atoms with E-state index in [4.69, 9.17) is 19.4 Å². The molecule has 0 saturated carbocycles. The van der Waals surface area contributed by atoms with Crippen molar-refractivity contribution in [2.24, 2.45) is 0 Å². The molecule has 0 fully saturated rings. The summed E-state index contributed by atoms with van der Waals surface area (Å²) in [7, 11) is 0. The summed E-state index contributed by atoms with van der Waals surface area (Å²) in [5, 5.41) is 7.06. The largest absolute Gasteiger partial charge is 0.456 e. The minimum atomic E-state index is 0.615. The van der Waals surface area contributed by atoms with Gasteiger partial charge in [0, 0.05) is 27.5 Å². The van der Waals surface area contributed by atoms with E-state index in [-0.39, 0.29) is 0 Å². The average molecular weight is 880 g/mol. The third-order valence-electron chi connectivity index (χ3n) is 13.4. The average Bonchev–Trinajstić information content (AvgIpc) is 3.82. The molecule has 69 heavy (non-hydrogen) atoms. The van der Waals surface area contributed by atoms with Gasteiger partial charge in [-0.2, -0.15) is 0 Å². The Hall–Kier alpha value is -9.25. The lowest BCUT2D eigenvalue weighted by atomic mass is 9.87. The van der Waals surface area contributed by atoms with Crippen molar-refractivity contribution in [3.63, 3.8) is 0 Å². The molecule has 0 saturated heterocycles. The summed E-state index contributed by atoms with van der Waals surface area (Å²) in [6, 6.07) is 87.7. The Morgan fingerprint density at radius 1 is 0.203 bits per heavy atom. The minimum Gasteiger partial charge on any atom is -0.456 e. The highest BCUT2D eigenvalue weighted by Crippen LogP contribution is 2.44. The maximum Gasteiger partial charge on any atom is 0.164 e. The second kappa shape index (κ2) is 16.9. The van der Waals surface area contributed by atoms with Crippen molar-refractivity contribution >= 4 is 43.5 Å². The van der Waals surface area contributed by atoms with Crippen LogP contribution < -0.4 is 0 Å². The fourth-order valence-corrected chi connectivity index (χ4v) is 10.1. The van der Waals surface area contributed by atoms with Gasteiger partial charge in [-0.25, -0.2) is 15.0 Å². The summed E-state index contributed by atoms with van der Waals surface area (Å²) < 4.78 is 6.31. The predicted octanol–water partition coefficient (Wildman–Crippen LogP) is 17.4. The van der Waals surface area contributed by atoms with Gasteiger partial charge in [0.15, 0.2) is 17.5 Å². The van der Waals surface area contributed by atoms with Crippen LogP contribution in [0.3, 0.4) is 0 Å². The van der Waals surface area contributed by atoms with Gasteiger partial charge < -0.3 is 4.42 Å². The summed E-state index contributed by atoms with van der Waals surface area (Å²) in [6.45, 7) is 0. The lowest BCUT2D eigenvalue weighted by Crippen LogP contribution is -2.01. The number of para-hydroxylation sites is 1. The van der Waals surface area contributed by atoms with Crippen LogP contribution in [0, 0.1) is 0 Å². The highest BCUT2D eigenvalue weighted by atomic mass is 16.3. The van der Waals surface area contributed by atoms with E-state index in [1.807, 2.05) is 30.3 Å². The zero-order chi connectivity index (χ0) is 45.7. The molecule has 0 aliphatic rings. The Kier molecular flexibility index (Phi) is 9.80. The summed E-state index contributed by atoms with van der Waals surface area (Å²) in [5.74, 6) is 1.86. The van der Waals surface area contributed by atoms with Crippen LogP contribution in [0.4, 0.5) is 0 Å². The second-order valence-corrected chi connectivity index (χ2v) is 17.4. The smallest absolute Gasteiger partial charge is 0.164 e. The lowest BCUT2D eigenvalue weighted by molar-refractivity contribution is 0.669. The standard InChI is InChI=1S/C65H41N3O/c1-3-16-42(17-4-1)43-30-34-46(35-31-43)63-66-64(68-65(67-63)58-25-12-7-20-48(58)44-18-5-2-6-19-44)47-36-32-45(33-37-47)49-38-39-54(51-22-9-8-21-50(49)51)55-40-41-56(53-24-11-10-23-52(53)55)57-27-15-29-61-62(57)59-26-13-14-28-60(59)69-61/h1-41H. The predicted molar refractivity (Wildman–Crippen MR) is 286 cm³/mol. The number of fused-ring (bicyclic) bond motifs is 5. The molecule has 13 rings (SSSR count). The maximum absolute atomic E-state index is 6.31. The number of nitrogens with zero attached hydrogens (tertiary/aromatic N) is 3. The molecule has 0 aliphatic heterocycles. The molecule has 0 aliphatic carbocycles. The quantitative estimate of drug-likeness (QED) is 0.153. The van der Waals surface area contributed by atoms with Crippen LogP contribution in [0.1, 0.15) is 0 Å². The molecule has 0 bridgehead atoms. The Morgan fingerprint density at radius 2 is 0.580 bits per heavy atom. The van der Waals surface area contributed by atoms with Gasteiger partial charge in [-0.3, -0.25) is 0 Å². The first-order chi connectivity index (χ1) is 34.2. The Morgan fingerprint density at radius 3 is 1.19 bits per heavy atom. The number of hydrogen-bond acceptors (Lipinski definition) is 4. The molecule has 4 heteroatoms. The molecule has 0 spiro atoms. The van der Waals surface area contributed by atoms with Gasteiger partial charge >= 0.3 is 0 Å². The molecule has 2 aromatic heterocycles. The van der Waals surface area contributed by atoms with Crippen LogP contribution in [0.25, 0.3) is 133 Å². The maximum atomic E-state index is 6.31. The second-order valence-electron chi connectivity index (χ2n) is 17.4. The monoisotopic (exact) mass is 879 g/mol. The molecule has 0 atom stereocenters. The van der Waals surface area contributed by atoms with Gasteiger partial charge in [0.2, 0.25) is 0 Å². The van der Waals surface area contributed by atoms with Crippen LogP contribution in [0.15, 0.2) is 253 Å². The van der Waals surface area contributed by atoms with Gasteiger partial charge in [0.05, 0.1) is 0 Å². The SMILES string of the molecule is c1ccc(-c2ccc(-c3nc(-c4ccc(-c5ccc(-c6ccc(-c7cccc8oc9ccccc9c78)c7ccccc67)c6ccccc56)cc4)nc(-c4ccccc4-c4ccccc4)n3)cc2)cc1. The number of benzene rings is 11. The zero-order valence-electron chi connectivity index (χ0n) is 37.4. The van der Waals surface area contributed by atoms with Crippen molar-refractivity contribution in [2.75, 3.05) is 0 Å². The molecule has 11 aromatic carbocycles. The van der Waals surface area contributed by atoms with E-state index in [2.05, 4.69) is 218 Å². The third-order valence-corrected chi connectivity index (χ3v) is 13.4. The summed E-state index contributed by atoms with van der Waals surface area (Å²) in [6.07, 6.45) is 0. The lowest BCUT2D eigenvalue weighted by Gasteiger charge is -2.16. The molecule has 2 heterocycles. The van der Waals surface area contributed by atoms with Crippen LogP contribution >= 0.6 is 0 Å². The van der Waals surface area contributed by atoms with Crippen molar-refractivity contribution in [1.29, 1.82) is 0 Å². The first-order valence-corrected chi connectivity index (χ1v) is 23.3. The fourth-order valence-electron chi connectivity index (χ4n) is 10.1. The first kappa shape index (κ1) is 40.1. The molecule has 4 nitrogen and oxygen atoms in total. The molecular weight excluding hydrogens is 839 g/mol. The third kappa shape index (κ3) is 7.14. The van der Waals surface area contributed by atoms with Crippen molar-refractivity contribution < 1.29 is 4.42 Å². The summed E-state index contributed by atoms with van der Waals surface area (Å²) in [4.78, 5) is 15.5. The van der Waals surface area contributed by atoms with E-state index >= 15 is 0 Å². The van der Waals surface area contributed by atoms with Crippen molar-refractivity contribution in [2.45, 2.75) is 0 Å². The van der Waals surface area contributed by atoms with Crippen molar-refractivity contribution in [3.05, 3.63) is 249 Å². The Labute approximate surface area is 399 Å². The number of hydrogen-bond donors (Lipinski definition) is 0. The van der Waals surface area contributed by atoms with Crippen molar-refractivity contribution in [3.8, 4) is 89.8 Å². The van der Waals surface area contributed by atoms with E-state index in [1.54, 1.807) is 0 Å². The topological polar surface area (TPSA) is 51.8 Å². The molecule has 0 unspecified atom stereocenters. The molecular formula is C65H41N3O. The van der Waals surface area contributed by atoms with Crippen LogP contribution in [0.2, 0.25) is 0 Å². The van der Waals surface area contributed by atoms with E-state index in [9.17, 15) is 0 Å². The number of rotatable bonds is 8. The van der Waals surface area contributed by atoms with Crippen LogP contribution in [0.5, 0.6) is 0 Å². The van der Waals surface area contributed by atoms with Gasteiger partial charge in [0.25, 0.3) is 0 Å². The summed E-state index contributed by atoms with van der Waals surface area (Å²) in [5.41, 5.74) is 16.1. The van der Waals surface area contributed by atoms with E-state index in [0.717, 1.165) is 72.0 Å². The van der Waals surface area contributed by atoms with Gasteiger partial charge in [-0.15, -0.1) is 0 Å². The van der Waals surface area contributed by atoms with Gasteiger partial charge in [-0.1, -0.05) is 237 Å².